The van der Waals surface area contributed by atoms with Crippen LogP contribution in [-0.4, -0.2) is 4.98 Å². The van der Waals surface area contributed by atoms with E-state index in [1.54, 1.807) is 0 Å². The van der Waals surface area contributed by atoms with Crippen LogP contribution in [0.4, 0.5) is 0 Å². The molecule has 1 aromatic carbocycles. The molecule has 0 saturated heterocycles. The quantitative estimate of drug-likeness (QED) is 0.777. The van der Waals surface area contributed by atoms with Gasteiger partial charge in [0, 0.05) is 22.1 Å². The van der Waals surface area contributed by atoms with Crippen LogP contribution >= 0.6 is 11.6 Å². The highest BCUT2D eigenvalue weighted by Crippen LogP contribution is 2.26. The summed E-state index contributed by atoms with van der Waals surface area (Å²) in [4.78, 5) is 3.30. The molecular formula is C13H16ClN. The minimum absolute atomic E-state index is 0.670. The van der Waals surface area contributed by atoms with E-state index in [1.807, 2.05) is 6.92 Å². The second-order valence-corrected chi connectivity index (χ2v) is 4.97. The SMILES string of the molecule is Cc1cc2[nH]cc(CC(C)C)c2cc1Cl. The van der Waals surface area contributed by atoms with Gasteiger partial charge >= 0.3 is 0 Å². The van der Waals surface area contributed by atoms with Gasteiger partial charge < -0.3 is 4.98 Å². The van der Waals surface area contributed by atoms with Crippen molar-refractivity contribution in [2.45, 2.75) is 27.2 Å². The number of H-pyrrole nitrogens is 1. The van der Waals surface area contributed by atoms with Crippen molar-refractivity contribution >= 4 is 22.5 Å². The smallest absolute Gasteiger partial charge is 0.0460 e. The van der Waals surface area contributed by atoms with Crippen LogP contribution in [0.2, 0.25) is 5.02 Å². The number of aryl methyl sites for hydroxylation is 1. The first kappa shape index (κ1) is 10.6. The van der Waals surface area contributed by atoms with Crippen molar-refractivity contribution < 1.29 is 0 Å². The third-order valence-electron chi connectivity index (χ3n) is 2.67. The molecule has 0 amide bonds. The fourth-order valence-electron chi connectivity index (χ4n) is 1.92. The third kappa shape index (κ3) is 2.03. The monoisotopic (exact) mass is 221 g/mol. The van der Waals surface area contributed by atoms with E-state index in [9.17, 15) is 0 Å². The van der Waals surface area contributed by atoms with E-state index < -0.39 is 0 Å². The van der Waals surface area contributed by atoms with Crippen LogP contribution in [0.15, 0.2) is 18.3 Å². The molecule has 1 heterocycles. The molecule has 2 rings (SSSR count). The first-order valence-electron chi connectivity index (χ1n) is 5.34. The lowest BCUT2D eigenvalue weighted by molar-refractivity contribution is 0.650. The molecule has 0 aliphatic rings. The third-order valence-corrected chi connectivity index (χ3v) is 3.08. The lowest BCUT2D eigenvalue weighted by Gasteiger charge is -2.04. The zero-order valence-electron chi connectivity index (χ0n) is 9.39. The molecule has 80 valence electrons. The summed E-state index contributed by atoms with van der Waals surface area (Å²) in [7, 11) is 0. The Kier molecular flexibility index (Phi) is 2.74. The van der Waals surface area contributed by atoms with E-state index in [0.29, 0.717) is 5.92 Å². The molecule has 0 saturated carbocycles. The van der Waals surface area contributed by atoms with E-state index in [4.69, 9.17) is 11.6 Å². The molecule has 2 aromatic rings. The largest absolute Gasteiger partial charge is 0.361 e. The summed E-state index contributed by atoms with van der Waals surface area (Å²) in [6.07, 6.45) is 3.19. The molecule has 2 heteroatoms. The highest BCUT2D eigenvalue weighted by molar-refractivity contribution is 6.32. The molecule has 1 nitrogen and oxygen atoms in total. The van der Waals surface area contributed by atoms with Crippen LogP contribution in [-0.2, 0) is 6.42 Å². The van der Waals surface area contributed by atoms with Gasteiger partial charge in [-0.05, 0) is 42.5 Å². The maximum absolute atomic E-state index is 6.14. The summed E-state index contributed by atoms with van der Waals surface area (Å²) < 4.78 is 0. The second-order valence-electron chi connectivity index (χ2n) is 4.56. The number of fused-ring (bicyclic) bond motifs is 1. The number of aromatic amines is 1. The topological polar surface area (TPSA) is 15.8 Å². The summed E-state index contributed by atoms with van der Waals surface area (Å²) in [6.45, 7) is 6.49. The van der Waals surface area contributed by atoms with Crippen LogP contribution in [0, 0.1) is 12.8 Å². The Morgan fingerprint density at radius 1 is 1.33 bits per heavy atom. The Labute approximate surface area is 95.5 Å². The molecule has 0 fully saturated rings. The Bertz CT molecular complexity index is 482. The number of hydrogen-bond donors (Lipinski definition) is 1. The zero-order valence-corrected chi connectivity index (χ0v) is 10.2. The van der Waals surface area contributed by atoms with E-state index in [1.165, 1.54) is 16.5 Å². The van der Waals surface area contributed by atoms with Gasteiger partial charge in [0.05, 0.1) is 0 Å². The predicted octanol–water partition coefficient (Wildman–Crippen LogP) is 4.33. The molecule has 0 aliphatic carbocycles. The molecule has 0 bridgehead atoms. The standard InChI is InChI=1S/C13H16ClN/c1-8(2)4-10-7-15-13-5-9(3)12(14)6-11(10)13/h5-8,15H,4H2,1-3H3. The van der Waals surface area contributed by atoms with Crippen molar-refractivity contribution in [3.05, 3.63) is 34.5 Å². The van der Waals surface area contributed by atoms with Gasteiger partial charge in [-0.2, -0.15) is 0 Å². The molecule has 0 radical (unpaired) electrons. The normalized spacial score (nSPS) is 11.5. The van der Waals surface area contributed by atoms with E-state index >= 15 is 0 Å². The highest BCUT2D eigenvalue weighted by Gasteiger charge is 2.07. The van der Waals surface area contributed by atoms with Gasteiger partial charge in [0.15, 0.2) is 0 Å². The minimum atomic E-state index is 0.670. The number of hydrogen-bond acceptors (Lipinski definition) is 0. The Balaban J connectivity index is 2.54. The summed E-state index contributed by atoms with van der Waals surface area (Å²) in [5, 5.41) is 2.12. The number of halogens is 1. The van der Waals surface area contributed by atoms with Gasteiger partial charge in [0.2, 0.25) is 0 Å². The molecule has 0 unspecified atom stereocenters. The van der Waals surface area contributed by atoms with Crippen molar-refractivity contribution in [3.63, 3.8) is 0 Å². The number of rotatable bonds is 2. The summed E-state index contributed by atoms with van der Waals surface area (Å²) >= 11 is 6.14. The fraction of sp³-hybridized carbons (Fsp3) is 0.385. The minimum Gasteiger partial charge on any atom is -0.361 e. The average molecular weight is 222 g/mol. The van der Waals surface area contributed by atoms with Crippen molar-refractivity contribution in [1.82, 2.24) is 4.98 Å². The maximum Gasteiger partial charge on any atom is 0.0460 e. The van der Waals surface area contributed by atoms with Crippen LogP contribution in [0.25, 0.3) is 10.9 Å². The summed E-state index contributed by atoms with van der Waals surface area (Å²) in [6, 6.07) is 4.18. The molecule has 0 spiro atoms. The van der Waals surface area contributed by atoms with Gasteiger partial charge in [-0.3, -0.25) is 0 Å². The molecule has 0 aliphatic heterocycles. The fourth-order valence-corrected chi connectivity index (χ4v) is 2.08. The Morgan fingerprint density at radius 2 is 2.07 bits per heavy atom. The Morgan fingerprint density at radius 3 is 2.73 bits per heavy atom. The number of aromatic nitrogens is 1. The molecule has 1 aromatic heterocycles. The van der Waals surface area contributed by atoms with Gasteiger partial charge in [-0.1, -0.05) is 25.4 Å². The Hall–Kier alpha value is -0.950. The zero-order chi connectivity index (χ0) is 11.0. The first-order chi connectivity index (χ1) is 7.08. The predicted molar refractivity (Wildman–Crippen MR) is 66.6 cm³/mol. The van der Waals surface area contributed by atoms with Crippen LogP contribution in [0.1, 0.15) is 25.0 Å². The van der Waals surface area contributed by atoms with E-state index in [-0.39, 0.29) is 0 Å². The average Bonchev–Trinajstić information content (AvgIpc) is 2.49. The van der Waals surface area contributed by atoms with Crippen molar-refractivity contribution in [1.29, 1.82) is 0 Å². The second kappa shape index (κ2) is 3.90. The van der Waals surface area contributed by atoms with Crippen LogP contribution in [0.3, 0.4) is 0 Å². The maximum atomic E-state index is 6.14. The number of nitrogens with one attached hydrogen (secondary N) is 1. The van der Waals surface area contributed by atoms with Crippen LogP contribution in [0.5, 0.6) is 0 Å². The van der Waals surface area contributed by atoms with Crippen molar-refractivity contribution in [2.75, 3.05) is 0 Å². The molecule has 1 N–H and O–H groups in total. The summed E-state index contributed by atoms with van der Waals surface area (Å²) in [5.41, 5.74) is 3.68. The highest BCUT2D eigenvalue weighted by atomic mass is 35.5. The van der Waals surface area contributed by atoms with E-state index in [2.05, 4.69) is 37.2 Å². The van der Waals surface area contributed by atoms with Crippen LogP contribution < -0.4 is 0 Å². The molecular weight excluding hydrogens is 206 g/mol. The number of benzene rings is 1. The van der Waals surface area contributed by atoms with Gasteiger partial charge in [0.25, 0.3) is 0 Å². The molecule has 0 atom stereocenters. The summed E-state index contributed by atoms with van der Waals surface area (Å²) in [5.74, 6) is 0.670. The first-order valence-corrected chi connectivity index (χ1v) is 5.72. The van der Waals surface area contributed by atoms with Crippen molar-refractivity contribution in [3.8, 4) is 0 Å². The van der Waals surface area contributed by atoms with Gasteiger partial charge in [-0.15, -0.1) is 0 Å². The van der Waals surface area contributed by atoms with Gasteiger partial charge in [0.1, 0.15) is 0 Å². The van der Waals surface area contributed by atoms with Gasteiger partial charge in [-0.25, -0.2) is 0 Å². The van der Waals surface area contributed by atoms with E-state index in [0.717, 1.165) is 17.0 Å². The molecule has 15 heavy (non-hydrogen) atoms. The lowest BCUT2D eigenvalue weighted by Crippen LogP contribution is -1.92. The lowest BCUT2D eigenvalue weighted by atomic mass is 10.0. The van der Waals surface area contributed by atoms with Crippen molar-refractivity contribution in [2.24, 2.45) is 5.92 Å².